The van der Waals surface area contributed by atoms with Crippen molar-refractivity contribution in [3.63, 3.8) is 0 Å². The van der Waals surface area contributed by atoms with Crippen molar-refractivity contribution in [2.45, 2.75) is 32.7 Å². The molecule has 15 heavy (non-hydrogen) atoms. The van der Waals surface area contributed by atoms with Crippen LogP contribution in [0.15, 0.2) is 24.3 Å². The van der Waals surface area contributed by atoms with E-state index >= 15 is 0 Å². The Morgan fingerprint density at radius 1 is 1.47 bits per heavy atom. The number of carboxylic acid groups (broad SMARTS) is 1. The van der Waals surface area contributed by atoms with E-state index in [9.17, 15) is 9.90 Å². The number of hydrogen-bond acceptors (Lipinski definition) is 2. The fraction of sp³-hybridized carbons (Fsp3) is 0.417. The molecule has 3 heteroatoms. The zero-order valence-electron chi connectivity index (χ0n) is 9.12. The number of carbonyl (C=O) groups is 1. The summed E-state index contributed by atoms with van der Waals surface area (Å²) >= 11 is 0. The molecule has 1 unspecified atom stereocenters. The zero-order chi connectivity index (χ0) is 11.3. The molecule has 1 N–H and O–H groups in total. The highest BCUT2D eigenvalue weighted by molar-refractivity contribution is 5.62. The van der Waals surface area contributed by atoms with Crippen LogP contribution in [0.4, 0.5) is 4.79 Å². The van der Waals surface area contributed by atoms with Gasteiger partial charge in [0.05, 0.1) is 0 Å². The highest BCUT2D eigenvalue weighted by Crippen LogP contribution is 2.22. The molecule has 1 amide bonds. The first-order valence-electron chi connectivity index (χ1n) is 5.17. The lowest BCUT2D eigenvalue weighted by Gasteiger charge is -2.15. The van der Waals surface area contributed by atoms with Crippen LogP contribution in [0.2, 0.25) is 0 Å². The minimum Gasteiger partial charge on any atom is -0.530 e. The highest BCUT2D eigenvalue weighted by atomic mass is 16.4. The highest BCUT2D eigenvalue weighted by Gasteiger charge is 2.07. The van der Waals surface area contributed by atoms with Crippen LogP contribution in [0.25, 0.3) is 0 Å². The summed E-state index contributed by atoms with van der Waals surface area (Å²) < 4.78 is 0. The topological polar surface area (TPSA) is 52.2 Å². The maximum atomic E-state index is 10.3. The molecule has 1 aromatic carbocycles. The summed E-state index contributed by atoms with van der Waals surface area (Å²) in [6.45, 7) is 4.58. The summed E-state index contributed by atoms with van der Waals surface area (Å²) in [6, 6.07) is 7.88. The van der Waals surface area contributed by atoms with Gasteiger partial charge in [0.2, 0.25) is 0 Å². The molecule has 0 bridgehead atoms. The minimum absolute atomic E-state index is 0.322. The lowest BCUT2D eigenvalue weighted by atomic mass is 9.94. The second-order valence-electron chi connectivity index (χ2n) is 3.65. The van der Waals surface area contributed by atoms with E-state index in [1.165, 1.54) is 5.56 Å². The molecule has 82 valence electrons. The van der Waals surface area contributed by atoms with E-state index in [1.807, 2.05) is 24.3 Å². The van der Waals surface area contributed by atoms with Crippen molar-refractivity contribution in [3.8, 4) is 0 Å². The first-order valence-corrected chi connectivity index (χ1v) is 5.17. The van der Waals surface area contributed by atoms with Crippen LogP contribution < -0.4 is 10.4 Å². The molecule has 1 rings (SSSR count). The largest absolute Gasteiger partial charge is 0.530 e. The van der Waals surface area contributed by atoms with Gasteiger partial charge in [0.25, 0.3) is 0 Å². The number of benzene rings is 1. The Hall–Kier alpha value is -1.51. The van der Waals surface area contributed by atoms with Gasteiger partial charge in [-0.1, -0.05) is 38.1 Å². The Bertz CT molecular complexity index is 336. The minimum atomic E-state index is -1.23. The van der Waals surface area contributed by atoms with Crippen molar-refractivity contribution in [2.75, 3.05) is 0 Å². The fourth-order valence-corrected chi connectivity index (χ4v) is 1.56. The molecule has 0 spiro atoms. The molecule has 0 heterocycles. The number of carbonyl (C=O) groups excluding carboxylic acids is 1. The van der Waals surface area contributed by atoms with Crippen molar-refractivity contribution in [1.29, 1.82) is 0 Å². The maximum Gasteiger partial charge on any atom is 0.134 e. The summed E-state index contributed by atoms with van der Waals surface area (Å²) in [7, 11) is 0. The first-order chi connectivity index (χ1) is 7.15. The maximum absolute atomic E-state index is 10.3. The summed E-state index contributed by atoms with van der Waals surface area (Å²) in [6.07, 6.45) is -0.184. The number of hydrogen-bond donors (Lipinski definition) is 1. The Morgan fingerprint density at radius 3 is 2.73 bits per heavy atom. The molecule has 0 aromatic heterocycles. The number of amides is 1. The molecule has 0 saturated carbocycles. The molecule has 1 atom stereocenters. The second-order valence-corrected chi connectivity index (χ2v) is 3.65. The molecular weight excluding hydrogens is 190 g/mol. The monoisotopic (exact) mass is 206 g/mol. The Balaban J connectivity index is 2.81. The van der Waals surface area contributed by atoms with Crippen LogP contribution in [-0.4, -0.2) is 6.09 Å². The quantitative estimate of drug-likeness (QED) is 0.814. The van der Waals surface area contributed by atoms with E-state index in [4.69, 9.17) is 0 Å². The SMILES string of the molecule is CCC(C)c1ccccc1CNC(=O)[O-]. The Kier molecular flexibility index (Phi) is 4.16. The van der Waals surface area contributed by atoms with Gasteiger partial charge < -0.3 is 15.2 Å². The van der Waals surface area contributed by atoms with Crippen LogP contribution in [0.5, 0.6) is 0 Å². The third-order valence-corrected chi connectivity index (χ3v) is 2.62. The van der Waals surface area contributed by atoms with Gasteiger partial charge >= 0.3 is 0 Å². The molecular formula is C12H16NO2-. The standard InChI is InChI=1S/C12H17NO2/c1-3-9(2)11-7-5-4-6-10(11)8-13-12(14)15/h4-7,9,13H,3,8H2,1-2H3,(H,14,15)/p-1. The third kappa shape index (κ3) is 3.27. The molecule has 0 aliphatic rings. The third-order valence-electron chi connectivity index (χ3n) is 2.62. The predicted octanol–water partition coefficient (Wildman–Crippen LogP) is 1.63. The lowest BCUT2D eigenvalue weighted by molar-refractivity contribution is -0.251. The van der Waals surface area contributed by atoms with Crippen LogP contribution in [-0.2, 0) is 6.54 Å². The van der Waals surface area contributed by atoms with Gasteiger partial charge in [0.15, 0.2) is 0 Å². The molecule has 0 aliphatic heterocycles. The van der Waals surface area contributed by atoms with Gasteiger partial charge in [-0.25, -0.2) is 0 Å². The number of nitrogens with one attached hydrogen (secondary N) is 1. The van der Waals surface area contributed by atoms with E-state index in [2.05, 4.69) is 19.2 Å². The normalized spacial score (nSPS) is 12.1. The molecule has 0 aliphatic carbocycles. The van der Waals surface area contributed by atoms with E-state index in [0.29, 0.717) is 12.5 Å². The average molecular weight is 206 g/mol. The van der Waals surface area contributed by atoms with E-state index in [-0.39, 0.29) is 0 Å². The van der Waals surface area contributed by atoms with Crippen LogP contribution in [0.3, 0.4) is 0 Å². The summed E-state index contributed by atoms with van der Waals surface area (Å²) in [5.74, 6) is 0.449. The van der Waals surface area contributed by atoms with Gasteiger partial charge in [0, 0.05) is 6.54 Å². The van der Waals surface area contributed by atoms with E-state index in [0.717, 1.165) is 12.0 Å². The number of rotatable bonds is 4. The van der Waals surface area contributed by atoms with Crippen molar-refractivity contribution >= 4 is 6.09 Å². The van der Waals surface area contributed by atoms with Crippen molar-refractivity contribution in [1.82, 2.24) is 5.32 Å². The summed E-state index contributed by atoms with van der Waals surface area (Å²) in [4.78, 5) is 10.3. The van der Waals surface area contributed by atoms with Gasteiger partial charge in [0.1, 0.15) is 6.09 Å². The molecule has 0 saturated heterocycles. The van der Waals surface area contributed by atoms with Gasteiger partial charge in [-0.2, -0.15) is 0 Å². The summed E-state index contributed by atoms with van der Waals surface area (Å²) in [5.41, 5.74) is 2.23. The average Bonchev–Trinajstić information content (AvgIpc) is 2.25. The van der Waals surface area contributed by atoms with Crippen molar-refractivity contribution < 1.29 is 9.90 Å². The Morgan fingerprint density at radius 2 is 2.13 bits per heavy atom. The van der Waals surface area contributed by atoms with E-state index in [1.54, 1.807) is 0 Å². The molecule has 0 radical (unpaired) electrons. The first kappa shape index (κ1) is 11.6. The van der Waals surface area contributed by atoms with Crippen LogP contribution in [0, 0.1) is 0 Å². The summed E-state index contributed by atoms with van der Waals surface area (Å²) in [5, 5.41) is 12.6. The fourth-order valence-electron chi connectivity index (χ4n) is 1.56. The van der Waals surface area contributed by atoms with Crippen LogP contribution >= 0.6 is 0 Å². The molecule has 3 nitrogen and oxygen atoms in total. The Labute approximate surface area is 90.1 Å². The van der Waals surface area contributed by atoms with Crippen molar-refractivity contribution in [3.05, 3.63) is 35.4 Å². The lowest BCUT2D eigenvalue weighted by Crippen LogP contribution is -2.36. The molecule has 0 fully saturated rings. The molecule has 1 aromatic rings. The zero-order valence-corrected chi connectivity index (χ0v) is 9.12. The van der Waals surface area contributed by atoms with Crippen molar-refractivity contribution in [2.24, 2.45) is 0 Å². The predicted molar refractivity (Wildman–Crippen MR) is 57.4 cm³/mol. The van der Waals surface area contributed by atoms with Gasteiger partial charge in [-0.15, -0.1) is 0 Å². The van der Waals surface area contributed by atoms with Crippen LogP contribution in [0.1, 0.15) is 37.3 Å². The smallest absolute Gasteiger partial charge is 0.134 e. The van der Waals surface area contributed by atoms with E-state index < -0.39 is 6.09 Å². The van der Waals surface area contributed by atoms with Gasteiger partial charge in [-0.3, -0.25) is 0 Å². The van der Waals surface area contributed by atoms with Gasteiger partial charge in [-0.05, 0) is 23.5 Å². The second kappa shape index (κ2) is 5.39.